The Morgan fingerprint density at radius 3 is 2.74 bits per heavy atom. The molecule has 1 saturated heterocycles. The molecule has 2 rings (SSSR count). The monoisotopic (exact) mass is 285 g/mol. The van der Waals surface area contributed by atoms with Gasteiger partial charge in [-0.3, -0.25) is 4.79 Å². The van der Waals surface area contributed by atoms with Crippen molar-refractivity contribution >= 4 is 15.8 Å². The lowest BCUT2D eigenvalue weighted by Gasteiger charge is -2.33. The second-order valence-corrected chi connectivity index (χ2v) is 6.59. The second kappa shape index (κ2) is 5.38. The Kier molecular flexibility index (Phi) is 4.01. The van der Waals surface area contributed by atoms with E-state index < -0.39 is 21.9 Å². The highest BCUT2D eigenvalue weighted by Gasteiger charge is 2.35. The molecule has 0 aliphatic carbocycles. The number of carbonyl (C=O) groups excluding carboxylic acids is 1. The van der Waals surface area contributed by atoms with Crippen molar-refractivity contribution < 1.29 is 17.6 Å². The zero-order valence-electron chi connectivity index (χ0n) is 10.7. The van der Waals surface area contributed by atoms with E-state index in [-0.39, 0.29) is 10.7 Å². The molecule has 6 heteroatoms. The number of hydrogen-bond acceptors (Lipinski definition) is 3. The lowest BCUT2D eigenvalue weighted by atomic mass is 10.0. The SMILES string of the molecule is CC(=O)[C@@H]1CCCCN1S(=O)(=O)c1cccc(F)c1. The van der Waals surface area contributed by atoms with Gasteiger partial charge in [0.1, 0.15) is 11.6 Å². The van der Waals surface area contributed by atoms with E-state index in [9.17, 15) is 17.6 Å². The number of ketones is 1. The van der Waals surface area contributed by atoms with Crippen molar-refractivity contribution in [3.05, 3.63) is 30.1 Å². The molecule has 104 valence electrons. The van der Waals surface area contributed by atoms with Crippen LogP contribution in [0.2, 0.25) is 0 Å². The summed E-state index contributed by atoms with van der Waals surface area (Å²) in [4.78, 5) is 11.5. The van der Waals surface area contributed by atoms with Crippen LogP contribution in [0.4, 0.5) is 4.39 Å². The van der Waals surface area contributed by atoms with Gasteiger partial charge in [-0.2, -0.15) is 4.31 Å². The lowest BCUT2D eigenvalue weighted by Crippen LogP contribution is -2.47. The van der Waals surface area contributed by atoms with Crippen LogP contribution in [-0.2, 0) is 14.8 Å². The van der Waals surface area contributed by atoms with Crippen LogP contribution < -0.4 is 0 Å². The average molecular weight is 285 g/mol. The first-order chi connectivity index (χ1) is 8.93. The van der Waals surface area contributed by atoms with Gasteiger partial charge in [-0.15, -0.1) is 0 Å². The van der Waals surface area contributed by atoms with Crippen molar-refractivity contribution in [2.75, 3.05) is 6.54 Å². The number of nitrogens with zero attached hydrogens (tertiary/aromatic N) is 1. The molecule has 0 spiro atoms. The molecular formula is C13H16FNO3S. The Hall–Kier alpha value is -1.27. The summed E-state index contributed by atoms with van der Waals surface area (Å²) in [6.07, 6.45) is 2.08. The van der Waals surface area contributed by atoms with Crippen molar-refractivity contribution in [3.63, 3.8) is 0 Å². The van der Waals surface area contributed by atoms with Gasteiger partial charge in [0, 0.05) is 6.54 Å². The van der Waals surface area contributed by atoms with Crippen molar-refractivity contribution in [2.24, 2.45) is 0 Å². The van der Waals surface area contributed by atoms with E-state index in [1.54, 1.807) is 0 Å². The van der Waals surface area contributed by atoms with Gasteiger partial charge in [0.15, 0.2) is 0 Å². The Balaban J connectivity index is 2.40. The number of rotatable bonds is 3. The first-order valence-corrected chi connectivity index (χ1v) is 7.65. The summed E-state index contributed by atoms with van der Waals surface area (Å²) >= 11 is 0. The van der Waals surface area contributed by atoms with Crippen molar-refractivity contribution in [2.45, 2.75) is 37.1 Å². The molecule has 0 bridgehead atoms. The van der Waals surface area contributed by atoms with Crippen LogP contribution in [0.25, 0.3) is 0 Å². The van der Waals surface area contributed by atoms with Gasteiger partial charge in [0.25, 0.3) is 0 Å². The number of piperidine rings is 1. The molecule has 1 heterocycles. The smallest absolute Gasteiger partial charge is 0.243 e. The Labute approximate surface area is 112 Å². The molecular weight excluding hydrogens is 269 g/mol. The molecule has 1 fully saturated rings. The molecule has 0 unspecified atom stereocenters. The van der Waals surface area contributed by atoms with E-state index in [0.29, 0.717) is 13.0 Å². The zero-order chi connectivity index (χ0) is 14.0. The minimum Gasteiger partial charge on any atom is -0.298 e. The van der Waals surface area contributed by atoms with Crippen LogP contribution in [-0.4, -0.2) is 31.1 Å². The number of hydrogen-bond donors (Lipinski definition) is 0. The number of benzene rings is 1. The molecule has 0 N–H and O–H groups in total. The minimum absolute atomic E-state index is 0.0966. The highest BCUT2D eigenvalue weighted by molar-refractivity contribution is 7.89. The maximum Gasteiger partial charge on any atom is 0.243 e. The van der Waals surface area contributed by atoms with Gasteiger partial charge in [0.2, 0.25) is 10.0 Å². The molecule has 1 aromatic carbocycles. The first-order valence-electron chi connectivity index (χ1n) is 6.21. The van der Waals surface area contributed by atoms with Gasteiger partial charge >= 0.3 is 0 Å². The number of Topliss-reactive ketones (excluding diaryl/α,β-unsaturated/α-hetero) is 1. The third-order valence-electron chi connectivity index (χ3n) is 3.33. The van der Waals surface area contributed by atoms with Crippen LogP contribution in [0.3, 0.4) is 0 Å². The number of sulfonamides is 1. The van der Waals surface area contributed by atoms with Crippen molar-refractivity contribution in [3.8, 4) is 0 Å². The van der Waals surface area contributed by atoms with E-state index in [1.165, 1.54) is 29.4 Å². The largest absolute Gasteiger partial charge is 0.298 e. The third kappa shape index (κ3) is 2.84. The molecule has 1 aliphatic rings. The minimum atomic E-state index is -3.81. The molecule has 0 saturated carbocycles. The maximum absolute atomic E-state index is 13.2. The predicted molar refractivity (Wildman–Crippen MR) is 68.6 cm³/mol. The summed E-state index contributed by atoms with van der Waals surface area (Å²) in [6, 6.07) is 4.26. The van der Waals surface area contributed by atoms with Gasteiger partial charge in [0.05, 0.1) is 10.9 Å². The molecule has 0 amide bonds. The summed E-state index contributed by atoms with van der Waals surface area (Å²) < 4.78 is 39.3. The summed E-state index contributed by atoms with van der Waals surface area (Å²) in [5.41, 5.74) is 0. The number of halogens is 1. The molecule has 1 aromatic rings. The predicted octanol–water partition coefficient (Wildman–Crippen LogP) is 1.96. The van der Waals surface area contributed by atoms with Gasteiger partial charge in [-0.05, 0) is 38.0 Å². The van der Waals surface area contributed by atoms with Crippen LogP contribution >= 0.6 is 0 Å². The van der Waals surface area contributed by atoms with E-state index in [4.69, 9.17) is 0 Å². The van der Waals surface area contributed by atoms with E-state index in [1.807, 2.05) is 0 Å². The van der Waals surface area contributed by atoms with Crippen LogP contribution in [0.1, 0.15) is 26.2 Å². The zero-order valence-corrected chi connectivity index (χ0v) is 11.5. The molecule has 1 atom stereocenters. The fourth-order valence-corrected chi connectivity index (χ4v) is 4.10. The second-order valence-electron chi connectivity index (χ2n) is 4.70. The normalized spacial score (nSPS) is 21.3. The summed E-state index contributed by atoms with van der Waals surface area (Å²) in [6.45, 7) is 1.70. The first kappa shape index (κ1) is 14.1. The maximum atomic E-state index is 13.2. The van der Waals surface area contributed by atoms with Gasteiger partial charge in [-0.25, -0.2) is 12.8 Å². The molecule has 0 radical (unpaired) electrons. The lowest BCUT2D eigenvalue weighted by molar-refractivity contribution is -0.121. The summed E-state index contributed by atoms with van der Waals surface area (Å²) in [7, 11) is -3.81. The highest BCUT2D eigenvalue weighted by atomic mass is 32.2. The summed E-state index contributed by atoms with van der Waals surface area (Å²) in [5.74, 6) is -0.767. The van der Waals surface area contributed by atoms with Gasteiger partial charge in [-0.1, -0.05) is 12.5 Å². The molecule has 4 nitrogen and oxygen atoms in total. The topological polar surface area (TPSA) is 54.5 Å². The standard InChI is InChI=1S/C13H16FNO3S/c1-10(16)13-7-2-3-8-15(13)19(17,18)12-6-4-5-11(14)9-12/h4-6,9,13H,2-3,7-8H2,1H3/t13-/m0/s1. The van der Waals surface area contributed by atoms with E-state index >= 15 is 0 Å². The van der Waals surface area contributed by atoms with Crippen LogP contribution in [0, 0.1) is 5.82 Å². The molecule has 0 aromatic heterocycles. The molecule has 1 aliphatic heterocycles. The van der Waals surface area contributed by atoms with E-state index in [2.05, 4.69) is 0 Å². The Morgan fingerprint density at radius 2 is 2.11 bits per heavy atom. The average Bonchev–Trinajstić information content (AvgIpc) is 2.38. The van der Waals surface area contributed by atoms with Crippen LogP contribution in [0.5, 0.6) is 0 Å². The number of carbonyl (C=O) groups is 1. The third-order valence-corrected chi connectivity index (χ3v) is 5.23. The Morgan fingerprint density at radius 1 is 1.37 bits per heavy atom. The van der Waals surface area contributed by atoms with Crippen LogP contribution in [0.15, 0.2) is 29.2 Å². The highest BCUT2D eigenvalue weighted by Crippen LogP contribution is 2.26. The van der Waals surface area contributed by atoms with Crippen molar-refractivity contribution in [1.82, 2.24) is 4.31 Å². The Bertz CT molecular complexity index is 585. The van der Waals surface area contributed by atoms with Crippen molar-refractivity contribution in [1.29, 1.82) is 0 Å². The van der Waals surface area contributed by atoms with Gasteiger partial charge < -0.3 is 0 Å². The quantitative estimate of drug-likeness (QED) is 0.853. The van der Waals surface area contributed by atoms with E-state index in [0.717, 1.165) is 18.9 Å². The fraction of sp³-hybridized carbons (Fsp3) is 0.462. The summed E-state index contributed by atoms with van der Waals surface area (Å²) in [5, 5.41) is 0. The fourth-order valence-electron chi connectivity index (χ4n) is 2.36. The molecule has 19 heavy (non-hydrogen) atoms.